The SMILES string of the molecule is CCn1ncc(C(=O)N2CC3(CC(CC(=O)N4CCOCC4)CO3)C2)c1C. The summed E-state index contributed by atoms with van der Waals surface area (Å²) in [6, 6.07) is 0. The Morgan fingerprint density at radius 3 is 2.67 bits per heavy atom. The zero-order valence-electron chi connectivity index (χ0n) is 16.1. The quantitative estimate of drug-likeness (QED) is 0.773. The highest BCUT2D eigenvalue weighted by molar-refractivity contribution is 5.95. The van der Waals surface area contributed by atoms with E-state index in [0.717, 1.165) is 18.7 Å². The maximum atomic E-state index is 12.7. The number of hydrogen-bond acceptors (Lipinski definition) is 5. The van der Waals surface area contributed by atoms with Gasteiger partial charge in [-0.1, -0.05) is 0 Å². The van der Waals surface area contributed by atoms with Crippen LogP contribution in [0.25, 0.3) is 0 Å². The molecule has 1 unspecified atom stereocenters. The number of nitrogens with zero attached hydrogens (tertiary/aromatic N) is 4. The van der Waals surface area contributed by atoms with Gasteiger partial charge in [0.15, 0.2) is 0 Å². The van der Waals surface area contributed by atoms with Crippen LogP contribution in [0.15, 0.2) is 6.20 Å². The predicted octanol–water partition coefficient (Wildman–Crippen LogP) is 0.691. The van der Waals surface area contributed by atoms with Crippen LogP contribution in [0, 0.1) is 12.8 Å². The van der Waals surface area contributed by atoms with Crippen molar-refractivity contribution in [1.82, 2.24) is 19.6 Å². The van der Waals surface area contributed by atoms with Gasteiger partial charge in [-0.25, -0.2) is 0 Å². The Morgan fingerprint density at radius 1 is 1.26 bits per heavy atom. The Kier molecular flexibility index (Phi) is 4.94. The highest BCUT2D eigenvalue weighted by Gasteiger charge is 2.51. The van der Waals surface area contributed by atoms with E-state index in [4.69, 9.17) is 9.47 Å². The summed E-state index contributed by atoms with van der Waals surface area (Å²) >= 11 is 0. The first-order valence-electron chi connectivity index (χ1n) is 9.82. The first-order chi connectivity index (χ1) is 13.0. The number of aryl methyl sites for hydroxylation is 1. The molecule has 1 spiro atoms. The molecule has 2 amide bonds. The molecule has 0 N–H and O–H groups in total. The molecule has 0 radical (unpaired) electrons. The van der Waals surface area contributed by atoms with Crippen molar-refractivity contribution in [3.63, 3.8) is 0 Å². The van der Waals surface area contributed by atoms with Crippen LogP contribution < -0.4 is 0 Å². The van der Waals surface area contributed by atoms with Gasteiger partial charge in [-0.2, -0.15) is 5.10 Å². The van der Waals surface area contributed by atoms with Gasteiger partial charge >= 0.3 is 0 Å². The lowest BCUT2D eigenvalue weighted by Crippen LogP contribution is -2.63. The Bertz CT molecular complexity index is 719. The minimum absolute atomic E-state index is 0.0225. The second-order valence-corrected chi connectivity index (χ2v) is 7.88. The lowest BCUT2D eigenvalue weighted by molar-refractivity contribution is -0.136. The molecule has 3 fully saturated rings. The number of morpholine rings is 1. The van der Waals surface area contributed by atoms with Crippen LogP contribution in [0.5, 0.6) is 0 Å². The van der Waals surface area contributed by atoms with Gasteiger partial charge in [-0.3, -0.25) is 14.3 Å². The fourth-order valence-electron chi connectivity index (χ4n) is 4.42. The van der Waals surface area contributed by atoms with E-state index >= 15 is 0 Å². The molecule has 1 aromatic heterocycles. The molecule has 3 saturated heterocycles. The molecule has 1 atom stereocenters. The van der Waals surface area contributed by atoms with E-state index in [0.29, 0.717) is 58.0 Å². The van der Waals surface area contributed by atoms with Gasteiger partial charge in [0, 0.05) is 31.7 Å². The van der Waals surface area contributed by atoms with Crippen molar-refractivity contribution in [3.05, 3.63) is 17.5 Å². The van der Waals surface area contributed by atoms with E-state index in [9.17, 15) is 9.59 Å². The van der Waals surface area contributed by atoms with Crippen molar-refractivity contribution in [2.45, 2.75) is 38.8 Å². The van der Waals surface area contributed by atoms with Gasteiger partial charge in [0.2, 0.25) is 5.91 Å². The molecule has 3 aliphatic rings. The second-order valence-electron chi connectivity index (χ2n) is 7.88. The Morgan fingerprint density at radius 2 is 2.00 bits per heavy atom. The summed E-state index contributed by atoms with van der Waals surface area (Å²) in [6.07, 6.45) is 3.03. The van der Waals surface area contributed by atoms with E-state index in [1.165, 1.54) is 0 Å². The van der Waals surface area contributed by atoms with Crippen molar-refractivity contribution in [2.75, 3.05) is 46.0 Å². The molecule has 3 aliphatic heterocycles. The lowest BCUT2D eigenvalue weighted by atomic mass is 9.85. The highest BCUT2D eigenvalue weighted by atomic mass is 16.5. The zero-order valence-corrected chi connectivity index (χ0v) is 16.1. The van der Waals surface area contributed by atoms with Crippen LogP contribution in [-0.2, 0) is 20.8 Å². The number of carbonyl (C=O) groups is 2. The monoisotopic (exact) mass is 376 g/mol. The molecular formula is C19H28N4O4. The van der Waals surface area contributed by atoms with Crippen molar-refractivity contribution in [1.29, 1.82) is 0 Å². The topological polar surface area (TPSA) is 76.9 Å². The molecule has 0 saturated carbocycles. The average molecular weight is 376 g/mol. The van der Waals surface area contributed by atoms with Crippen LogP contribution in [-0.4, -0.2) is 83.0 Å². The van der Waals surface area contributed by atoms with E-state index < -0.39 is 0 Å². The van der Waals surface area contributed by atoms with Gasteiger partial charge in [0.05, 0.1) is 44.7 Å². The molecule has 0 aliphatic carbocycles. The van der Waals surface area contributed by atoms with Crippen molar-refractivity contribution in [3.8, 4) is 0 Å². The maximum absolute atomic E-state index is 12.7. The zero-order chi connectivity index (χ0) is 19.0. The van der Waals surface area contributed by atoms with Crippen LogP contribution >= 0.6 is 0 Å². The predicted molar refractivity (Wildman–Crippen MR) is 97.3 cm³/mol. The van der Waals surface area contributed by atoms with Gasteiger partial charge in [-0.15, -0.1) is 0 Å². The lowest BCUT2D eigenvalue weighted by Gasteiger charge is -2.47. The largest absolute Gasteiger partial charge is 0.378 e. The Balaban J connectivity index is 1.29. The normalized spacial score (nSPS) is 24.3. The van der Waals surface area contributed by atoms with Crippen LogP contribution in [0.2, 0.25) is 0 Å². The third kappa shape index (κ3) is 3.48. The van der Waals surface area contributed by atoms with E-state index in [2.05, 4.69) is 5.10 Å². The van der Waals surface area contributed by atoms with Crippen LogP contribution in [0.1, 0.15) is 35.8 Å². The maximum Gasteiger partial charge on any atom is 0.257 e. The summed E-state index contributed by atoms with van der Waals surface area (Å²) in [5.41, 5.74) is 1.31. The molecular weight excluding hydrogens is 348 g/mol. The third-order valence-electron chi connectivity index (χ3n) is 5.99. The average Bonchev–Trinajstić information content (AvgIpc) is 3.24. The van der Waals surface area contributed by atoms with Crippen molar-refractivity contribution >= 4 is 11.8 Å². The number of carbonyl (C=O) groups excluding carboxylic acids is 2. The second kappa shape index (κ2) is 7.24. The van der Waals surface area contributed by atoms with E-state index in [1.807, 2.05) is 28.3 Å². The van der Waals surface area contributed by atoms with Gasteiger partial charge in [-0.05, 0) is 26.2 Å². The molecule has 4 heterocycles. The summed E-state index contributed by atoms with van der Waals surface area (Å²) in [4.78, 5) is 28.9. The Labute approximate surface area is 159 Å². The first-order valence-corrected chi connectivity index (χ1v) is 9.82. The third-order valence-corrected chi connectivity index (χ3v) is 5.99. The standard InChI is InChI=1S/C19H28N4O4/c1-3-23-14(2)16(10-20-23)18(25)22-12-19(13-22)9-15(11-27-19)8-17(24)21-4-6-26-7-5-21/h10,15H,3-9,11-13H2,1-2H3. The summed E-state index contributed by atoms with van der Waals surface area (Å²) in [5.74, 6) is 0.454. The molecule has 0 aromatic carbocycles. The van der Waals surface area contributed by atoms with E-state index in [1.54, 1.807) is 6.20 Å². The van der Waals surface area contributed by atoms with Crippen LogP contribution in [0.4, 0.5) is 0 Å². The number of likely N-dealkylation sites (tertiary alicyclic amines) is 1. The summed E-state index contributed by atoms with van der Waals surface area (Å²) < 4.78 is 13.2. The molecule has 148 valence electrons. The molecule has 27 heavy (non-hydrogen) atoms. The van der Waals surface area contributed by atoms with Crippen LogP contribution in [0.3, 0.4) is 0 Å². The van der Waals surface area contributed by atoms with Gasteiger partial charge < -0.3 is 19.3 Å². The molecule has 8 nitrogen and oxygen atoms in total. The molecule has 1 aromatic rings. The number of hydrogen-bond donors (Lipinski definition) is 0. The number of amides is 2. The number of rotatable bonds is 4. The fourth-order valence-corrected chi connectivity index (χ4v) is 4.42. The number of aromatic nitrogens is 2. The molecule has 4 rings (SSSR count). The fraction of sp³-hybridized carbons (Fsp3) is 0.737. The first kappa shape index (κ1) is 18.4. The summed E-state index contributed by atoms with van der Waals surface area (Å²) in [6.45, 7) is 9.13. The molecule has 8 heteroatoms. The van der Waals surface area contributed by atoms with Crippen molar-refractivity contribution in [2.24, 2.45) is 5.92 Å². The Hall–Kier alpha value is -1.93. The minimum atomic E-state index is -0.264. The molecule has 0 bridgehead atoms. The number of ether oxygens (including phenoxy) is 2. The van der Waals surface area contributed by atoms with Gasteiger partial charge in [0.1, 0.15) is 5.60 Å². The smallest absolute Gasteiger partial charge is 0.257 e. The van der Waals surface area contributed by atoms with Crippen molar-refractivity contribution < 1.29 is 19.1 Å². The van der Waals surface area contributed by atoms with Gasteiger partial charge in [0.25, 0.3) is 5.91 Å². The summed E-state index contributed by atoms with van der Waals surface area (Å²) in [5, 5.41) is 4.26. The summed E-state index contributed by atoms with van der Waals surface area (Å²) in [7, 11) is 0. The highest BCUT2D eigenvalue weighted by Crippen LogP contribution is 2.40. The minimum Gasteiger partial charge on any atom is -0.378 e. The van der Waals surface area contributed by atoms with E-state index in [-0.39, 0.29) is 23.3 Å².